The molecule has 1 fully saturated rings. The first-order chi connectivity index (χ1) is 17.6. The van der Waals surface area contributed by atoms with Crippen LogP contribution in [0.2, 0.25) is 0 Å². The van der Waals surface area contributed by atoms with Gasteiger partial charge in [0.05, 0.1) is 27.9 Å². The number of benzene rings is 3. The van der Waals surface area contributed by atoms with Crippen LogP contribution in [-0.4, -0.2) is 56.9 Å². The van der Waals surface area contributed by atoms with Gasteiger partial charge in [-0.25, -0.2) is 8.42 Å². The Morgan fingerprint density at radius 2 is 1.95 bits per heavy atom. The molecule has 1 aliphatic rings. The number of rotatable bonds is 8. The number of carbonyl (C=O) groups is 1. The maximum absolute atomic E-state index is 13.5. The highest BCUT2D eigenvalue weighted by molar-refractivity contribution is 7.91. The maximum atomic E-state index is 13.5. The molecule has 1 atom stereocenters. The standard InChI is InChI=1S/C25H25N5O6S/c26-24(27)25(15-28-11-12-36-25)16-29-23(31)10-7-18-5-8-20(30(32)33)14-22(18)37(34,35)21-9-6-17-3-1-2-4-19(17)13-21/h1-10,13-14,28H,11-12,15-16H2,(H3,26,27)(H,29,31)/b10-7+/t25-/m1/s1. The van der Waals surface area contributed by atoms with Crippen molar-refractivity contribution >= 4 is 44.1 Å². The van der Waals surface area contributed by atoms with E-state index < -0.39 is 32.0 Å². The van der Waals surface area contributed by atoms with E-state index in [1.807, 2.05) is 12.1 Å². The molecular formula is C25H25N5O6S. The molecule has 192 valence electrons. The summed E-state index contributed by atoms with van der Waals surface area (Å²) >= 11 is 0. The number of non-ortho nitro benzene ring substituents is 1. The Morgan fingerprint density at radius 3 is 2.62 bits per heavy atom. The van der Waals surface area contributed by atoms with Crippen molar-refractivity contribution in [1.82, 2.24) is 10.6 Å². The molecule has 0 aliphatic carbocycles. The van der Waals surface area contributed by atoms with Gasteiger partial charge in [0.15, 0.2) is 5.60 Å². The van der Waals surface area contributed by atoms with Crippen LogP contribution in [0.3, 0.4) is 0 Å². The fourth-order valence-electron chi connectivity index (χ4n) is 3.96. The van der Waals surface area contributed by atoms with Gasteiger partial charge >= 0.3 is 0 Å². The van der Waals surface area contributed by atoms with Crippen LogP contribution in [0, 0.1) is 15.5 Å². The van der Waals surface area contributed by atoms with E-state index in [-0.39, 0.29) is 34.3 Å². The molecule has 3 aromatic rings. The van der Waals surface area contributed by atoms with Gasteiger partial charge in [-0.15, -0.1) is 0 Å². The monoisotopic (exact) mass is 523 g/mol. The molecule has 12 heteroatoms. The van der Waals surface area contributed by atoms with Crippen molar-refractivity contribution in [2.75, 3.05) is 26.2 Å². The minimum absolute atomic E-state index is 0.0313. The van der Waals surface area contributed by atoms with Crippen LogP contribution in [0.25, 0.3) is 16.8 Å². The van der Waals surface area contributed by atoms with Crippen LogP contribution in [0.5, 0.6) is 0 Å². The summed E-state index contributed by atoms with van der Waals surface area (Å²) < 4.78 is 32.7. The minimum Gasteiger partial charge on any atom is -0.385 e. The van der Waals surface area contributed by atoms with Crippen molar-refractivity contribution in [1.29, 1.82) is 5.41 Å². The second-order valence-corrected chi connectivity index (χ2v) is 10.4. The van der Waals surface area contributed by atoms with E-state index in [2.05, 4.69) is 10.6 Å². The second-order valence-electron chi connectivity index (χ2n) is 8.48. The molecule has 0 unspecified atom stereocenters. The summed E-state index contributed by atoms with van der Waals surface area (Å²) in [6, 6.07) is 15.3. The van der Waals surface area contributed by atoms with Gasteiger partial charge in [-0.1, -0.05) is 30.3 Å². The van der Waals surface area contributed by atoms with Gasteiger partial charge in [-0.05, 0) is 40.6 Å². The molecule has 0 spiro atoms. The van der Waals surface area contributed by atoms with E-state index in [0.717, 1.165) is 17.5 Å². The van der Waals surface area contributed by atoms with E-state index in [1.165, 1.54) is 30.3 Å². The predicted molar refractivity (Wildman–Crippen MR) is 138 cm³/mol. The van der Waals surface area contributed by atoms with Crippen LogP contribution in [0.1, 0.15) is 5.56 Å². The van der Waals surface area contributed by atoms with Crippen LogP contribution in [-0.2, 0) is 19.4 Å². The molecule has 1 amide bonds. The first kappa shape index (κ1) is 25.9. The van der Waals surface area contributed by atoms with Crippen LogP contribution in [0.15, 0.2) is 76.5 Å². The minimum atomic E-state index is -4.18. The van der Waals surface area contributed by atoms with Crippen molar-refractivity contribution < 1.29 is 22.9 Å². The van der Waals surface area contributed by atoms with Gasteiger partial charge in [0.25, 0.3) is 5.69 Å². The molecule has 0 radical (unpaired) electrons. The smallest absolute Gasteiger partial charge is 0.270 e. The predicted octanol–water partition coefficient (Wildman–Crippen LogP) is 2.00. The van der Waals surface area contributed by atoms with Gasteiger partial charge in [0.2, 0.25) is 15.7 Å². The third-order valence-corrected chi connectivity index (χ3v) is 7.86. The average Bonchev–Trinajstić information content (AvgIpc) is 2.90. The number of amidine groups is 1. The van der Waals surface area contributed by atoms with Gasteiger partial charge in [0, 0.05) is 31.3 Å². The zero-order valence-electron chi connectivity index (χ0n) is 19.6. The summed E-state index contributed by atoms with van der Waals surface area (Å²) in [7, 11) is -4.18. The van der Waals surface area contributed by atoms with Crippen LogP contribution >= 0.6 is 0 Å². The van der Waals surface area contributed by atoms with Crippen molar-refractivity contribution in [3.63, 3.8) is 0 Å². The van der Waals surface area contributed by atoms with Gasteiger partial charge < -0.3 is 21.1 Å². The van der Waals surface area contributed by atoms with Crippen molar-refractivity contribution in [2.45, 2.75) is 15.4 Å². The molecule has 1 saturated heterocycles. The summed E-state index contributed by atoms with van der Waals surface area (Å²) in [5, 5.41) is 26.4. The highest BCUT2D eigenvalue weighted by atomic mass is 32.2. The Balaban J connectivity index is 1.63. The number of morpholine rings is 1. The Kier molecular flexibility index (Phi) is 7.34. The molecule has 37 heavy (non-hydrogen) atoms. The summed E-state index contributed by atoms with van der Waals surface area (Å²) in [6.07, 6.45) is 2.39. The molecule has 0 bridgehead atoms. The summed E-state index contributed by atoms with van der Waals surface area (Å²) in [4.78, 5) is 22.9. The lowest BCUT2D eigenvalue weighted by atomic mass is 10.0. The topological polar surface area (TPSA) is 178 Å². The lowest BCUT2D eigenvalue weighted by Gasteiger charge is -2.36. The molecule has 5 N–H and O–H groups in total. The zero-order valence-corrected chi connectivity index (χ0v) is 20.5. The Bertz CT molecular complexity index is 1510. The van der Waals surface area contributed by atoms with Crippen LogP contribution in [0.4, 0.5) is 5.69 Å². The second kappa shape index (κ2) is 10.5. The Labute approximate surface area is 212 Å². The third kappa shape index (κ3) is 5.50. The van der Waals surface area contributed by atoms with E-state index in [4.69, 9.17) is 15.9 Å². The van der Waals surface area contributed by atoms with Crippen molar-refractivity contribution in [3.8, 4) is 0 Å². The average molecular weight is 524 g/mol. The van der Waals surface area contributed by atoms with Crippen LogP contribution < -0.4 is 16.4 Å². The number of nitrogens with two attached hydrogens (primary N) is 1. The number of nitro benzene ring substituents is 1. The SMILES string of the molecule is N=C(N)[C@]1(CNC(=O)/C=C/c2ccc([N+](=O)[O-])cc2S(=O)(=O)c2ccc3ccccc3c2)CNCCO1. The highest BCUT2D eigenvalue weighted by Crippen LogP contribution is 2.30. The van der Waals surface area contributed by atoms with E-state index in [1.54, 1.807) is 18.2 Å². The lowest BCUT2D eigenvalue weighted by molar-refractivity contribution is -0.385. The molecule has 1 aliphatic heterocycles. The lowest BCUT2D eigenvalue weighted by Crippen LogP contribution is -2.62. The molecule has 1 heterocycles. The number of carbonyl (C=O) groups excluding carboxylic acids is 1. The molecule has 3 aromatic carbocycles. The number of fused-ring (bicyclic) bond motifs is 1. The quantitative estimate of drug-likeness (QED) is 0.114. The fourth-order valence-corrected chi connectivity index (χ4v) is 5.47. The first-order valence-corrected chi connectivity index (χ1v) is 12.8. The first-order valence-electron chi connectivity index (χ1n) is 11.3. The normalized spacial score (nSPS) is 18.1. The number of nitrogens with zero attached hydrogens (tertiary/aromatic N) is 1. The van der Waals surface area contributed by atoms with E-state index >= 15 is 0 Å². The summed E-state index contributed by atoms with van der Waals surface area (Å²) in [5.41, 5.74) is 4.20. The number of ether oxygens (including phenoxy) is 1. The number of amides is 1. The molecule has 0 saturated carbocycles. The number of sulfone groups is 1. The summed E-state index contributed by atoms with van der Waals surface area (Å²) in [6.45, 7) is 1.10. The Hall–Kier alpha value is -4.13. The fraction of sp³-hybridized carbons (Fsp3) is 0.200. The van der Waals surface area contributed by atoms with Gasteiger partial charge in [-0.3, -0.25) is 20.3 Å². The number of nitrogens with one attached hydrogen (secondary N) is 3. The molecule has 11 nitrogen and oxygen atoms in total. The molecular weight excluding hydrogens is 498 g/mol. The number of nitro groups is 1. The largest absolute Gasteiger partial charge is 0.385 e. The number of hydrogen-bond donors (Lipinski definition) is 4. The summed E-state index contributed by atoms with van der Waals surface area (Å²) in [5.74, 6) is -0.815. The van der Waals surface area contributed by atoms with Gasteiger partial charge in [-0.2, -0.15) is 0 Å². The molecule has 4 rings (SSSR count). The third-order valence-electron chi connectivity index (χ3n) is 6.05. The van der Waals surface area contributed by atoms with E-state index in [0.29, 0.717) is 18.5 Å². The van der Waals surface area contributed by atoms with E-state index in [9.17, 15) is 23.3 Å². The maximum Gasteiger partial charge on any atom is 0.270 e. The Morgan fingerprint density at radius 1 is 1.19 bits per heavy atom. The van der Waals surface area contributed by atoms with Gasteiger partial charge in [0.1, 0.15) is 5.84 Å². The zero-order chi connectivity index (χ0) is 26.6. The molecule has 0 aromatic heterocycles. The highest BCUT2D eigenvalue weighted by Gasteiger charge is 2.37. The number of hydrogen-bond acceptors (Lipinski definition) is 8. The van der Waals surface area contributed by atoms with Crippen molar-refractivity contribution in [2.24, 2.45) is 5.73 Å². The van der Waals surface area contributed by atoms with Crippen molar-refractivity contribution in [3.05, 3.63) is 82.4 Å².